The van der Waals surface area contributed by atoms with Gasteiger partial charge in [0.05, 0.1) is 3.57 Å². The highest BCUT2D eigenvalue weighted by Crippen LogP contribution is 2.32. The fourth-order valence-electron chi connectivity index (χ4n) is 1.35. The molecule has 16 heavy (non-hydrogen) atoms. The molecule has 0 amide bonds. The molecule has 0 radical (unpaired) electrons. The molecule has 5 heteroatoms. The normalized spacial score (nSPS) is 11.8. The number of phenolic OH excluding ortho intramolecular Hbond substituents is 1. The van der Waals surface area contributed by atoms with Crippen molar-refractivity contribution in [2.75, 3.05) is 0 Å². The van der Waals surface area contributed by atoms with Crippen LogP contribution in [0.25, 0.3) is 0 Å². The quantitative estimate of drug-likeness (QED) is 0.524. The van der Waals surface area contributed by atoms with Crippen LogP contribution in [0.15, 0.2) is 24.3 Å². The van der Waals surface area contributed by atoms with Crippen LogP contribution in [0, 0.1) is 7.14 Å². The molecule has 1 rings (SSSR count). The lowest BCUT2D eigenvalue weighted by Crippen LogP contribution is -2.11. The molecule has 0 spiro atoms. The van der Waals surface area contributed by atoms with E-state index in [4.69, 9.17) is 5.73 Å². The number of rotatable bonds is 3. The molecule has 0 aliphatic heterocycles. The summed E-state index contributed by atoms with van der Waals surface area (Å²) in [4.78, 5) is 0. The lowest BCUT2D eigenvalue weighted by Gasteiger charge is -2.15. The minimum absolute atomic E-state index is 0. The number of hydrogen-bond donors (Lipinski definition) is 2. The van der Waals surface area contributed by atoms with E-state index in [1.807, 2.05) is 19.1 Å². The molecule has 2 nitrogen and oxygen atoms in total. The average Bonchev–Trinajstić information content (AvgIpc) is 2.09. The third-order valence-electron chi connectivity index (χ3n) is 2.03. The summed E-state index contributed by atoms with van der Waals surface area (Å²) < 4.78 is 1.92. The molecule has 0 heterocycles. The molecule has 0 unspecified atom stereocenters. The van der Waals surface area contributed by atoms with E-state index >= 15 is 0 Å². The molecule has 0 bridgehead atoms. The van der Waals surface area contributed by atoms with Gasteiger partial charge in [-0.3, -0.25) is 0 Å². The Morgan fingerprint density at radius 1 is 1.50 bits per heavy atom. The van der Waals surface area contributed by atoms with E-state index in [2.05, 4.69) is 51.8 Å². The first kappa shape index (κ1) is 16.5. The lowest BCUT2D eigenvalue weighted by molar-refractivity contribution is 0.457. The summed E-state index contributed by atoms with van der Waals surface area (Å²) in [5.74, 6) is 0.296. The van der Waals surface area contributed by atoms with Crippen molar-refractivity contribution in [3.63, 3.8) is 0 Å². The maximum absolute atomic E-state index is 9.88. The summed E-state index contributed by atoms with van der Waals surface area (Å²) in [5.41, 5.74) is 7.83. The number of benzene rings is 1. The van der Waals surface area contributed by atoms with Crippen molar-refractivity contribution < 1.29 is 5.11 Å². The predicted molar refractivity (Wildman–Crippen MR) is 87.1 cm³/mol. The van der Waals surface area contributed by atoms with Gasteiger partial charge in [0.2, 0.25) is 0 Å². The fourth-order valence-corrected chi connectivity index (χ4v) is 3.24. The van der Waals surface area contributed by atoms with Crippen LogP contribution >= 0.6 is 57.6 Å². The van der Waals surface area contributed by atoms with E-state index in [0.29, 0.717) is 12.2 Å². The summed E-state index contributed by atoms with van der Waals surface area (Å²) >= 11 is 4.33. The van der Waals surface area contributed by atoms with Crippen molar-refractivity contribution >= 4 is 57.6 Å². The van der Waals surface area contributed by atoms with E-state index in [-0.39, 0.29) is 18.4 Å². The van der Waals surface area contributed by atoms with Gasteiger partial charge in [-0.15, -0.1) is 19.0 Å². The van der Waals surface area contributed by atoms with Gasteiger partial charge in [0.25, 0.3) is 0 Å². The van der Waals surface area contributed by atoms with Crippen molar-refractivity contribution in [2.24, 2.45) is 5.73 Å². The molecular formula is C11H14ClI2NO. The zero-order chi connectivity index (χ0) is 11.6. The Hall–Kier alpha value is 0.470. The third kappa shape index (κ3) is 4.38. The summed E-state index contributed by atoms with van der Waals surface area (Å²) in [5, 5.41) is 9.88. The summed E-state index contributed by atoms with van der Waals surface area (Å²) in [6.07, 6.45) is 0.698. The molecule has 0 saturated heterocycles. The van der Waals surface area contributed by atoms with Gasteiger partial charge >= 0.3 is 0 Å². The zero-order valence-corrected chi connectivity index (χ0v) is 14.0. The second-order valence-electron chi connectivity index (χ2n) is 3.59. The van der Waals surface area contributed by atoms with Crippen molar-refractivity contribution in [1.82, 2.24) is 0 Å². The molecule has 1 aromatic carbocycles. The first-order chi connectivity index (χ1) is 6.91. The van der Waals surface area contributed by atoms with Gasteiger partial charge in [-0.25, -0.2) is 0 Å². The third-order valence-corrected chi connectivity index (χ3v) is 3.47. The molecule has 1 aromatic rings. The maximum Gasteiger partial charge on any atom is 0.133 e. The van der Waals surface area contributed by atoms with Crippen molar-refractivity contribution in [1.29, 1.82) is 0 Å². The smallest absolute Gasteiger partial charge is 0.133 e. The molecule has 0 aliphatic carbocycles. The molecular weight excluding hydrogens is 451 g/mol. The van der Waals surface area contributed by atoms with Gasteiger partial charge in [0, 0.05) is 15.2 Å². The summed E-state index contributed by atoms with van der Waals surface area (Å²) in [7, 11) is 0. The van der Waals surface area contributed by atoms with Crippen LogP contribution in [0.5, 0.6) is 5.75 Å². The molecule has 3 N–H and O–H groups in total. The average molecular weight is 466 g/mol. The number of halogens is 3. The van der Waals surface area contributed by atoms with Crippen LogP contribution in [0.1, 0.15) is 24.9 Å². The van der Waals surface area contributed by atoms with Crippen LogP contribution < -0.4 is 5.73 Å². The Bertz CT molecular complexity index is 396. The molecule has 0 fully saturated rings. The SMILES string of the molecule is C=C(C)C[C@H](N)c1cc(I)cc(I)c1O.Cl. The van der Waals surface area contributed by atoms with Crippen LogP contribution in [-0.4, -0.2) is 5.11 Å². The van der Waals surface area contributed by atoms with E-state index < -0.39 is 0 Å². The minimum atomic E-state index is -0.175. The highest BCUT2D eigenvalue weighted by molar-refractivity contribution is 14.1. The van der Waals surface area contributed by atoms with Crippen LogP contribution in [0.3, 0.4) is 0 Å². The van der Waals surface area contributed by atoms with Crippen LogP contribution in [-0.2, 0) is 0 Å². The van der Waals surface area contributed by atoms with Crippen molar-refractivity contribution in [3.05, 3.63) is 37.0 Å². The zero-order valence-electron chi connectivity index (χ0n) is 8.84. The second kappa shape index (κ2) is 7.03. The fraction of sp³-hybridized carbons (Fsp3) is 0.273. The standard InChI is InChI=1S/C11H13I2NO.ClH/c1-6(2)3-10(14)8-4-7(12)5-9(13)11(8)15;/h4-5,10,15H,1,3,14H2,2H3;1H/t10-;/m0./s1. The van der Waals surface area contributed by atoms with Crippen molar-refractivity contribution in [2.45, 2.75) is 19.4 Å². The topological polar surface area (TPSA) is 46.2 Å². The Morgan fingerprint density at radius 2 is 2.06 bits per heavy atom. The van der Waals surface area contributed by atoms with Gasteiger partial charge in [-0.1, -0.05) is 5.57 Å². The van der Waals surface area contributed by atoms with Crippen LogP contribution in [0.2, 0.25) is 0 Å². The van der Waals surface area contributed by atoms with E-state index in [0.717, 1.165) is 18.3 Å². The lowest BCUT2D eigenvalue weighted by atomic mass is 10.0. The number of nitrogens with two attached hydrogens (primary N) is 1. The summed E-state index contributed by atoms with van der Waals surface area (Å²) in [6.45, 7) is 5.77. The Morgan fingerprint density at radius 3 is 2.56 bits per heavy atom. The first-order valence-corrected chi connectivity index (χ1v) is 6.65. The molecule has 90 valence electrons. The van der Waals surface area contributed by atoms with Gasteiger partial charge in [-0.05, 0) is 70.7 Å². The van der Waals surface area contributed by atoms with Gasteiger partial charge in [0.1, 0.15) is 5.75 Å². The largest absolute Gasteiger partial charge is 0.506 e. The summed E-state index contributed by atoms with van der Waals surface area (Å²) in [6, 6.07) is 3.67. The molecule has 1 atom stereocenters. The van der Waals surface area contributed by atoms with Crippen molar-refractivity contribution in [3.8, 4) is 5.75 Å². The highest BCUT2D eigenvalue weighted by Gasteiger charge is 2.14. The maximum atomic E-state index is 9.88. The Balaban J connectivity index is 0.00000225. The Kier molecular flexibility index (Phi) is 7.23. The minimum Gasteiger partial charge on any atom is -0.506 e. The van der Waals surface area contributed by atoms with Gasteiger partial charge < -0.3 is 10.8 Å². The molecule has 0 saturated carbocycles. The highest BCUT2D eigenvalue weighted by atomic mass is 127. The van der Waals surface area contributed by atoms with E-state index in [1.165, 1.54) is 0 Å². The number of aromatic hydroxyl groups is 1. The second-order valence-corrected chi connectivity index (χ2v) is 6.00. The first-order valence-electron chi connectivity index (χ1n) is 4.49. The molecule has 0 aliphatic rings. The number of hydrogen-bond acceptors (Lipinski definition) is 2. The van der Waals surface area contributed by atoms with Gasteiger partial charge in [-0.2, -0.15) is 0 Å². The van der Waals surface area contributed by atoms with Gasteiger partial charge in [0.15, 0.2) is 0 Å². The van der Waals surface area contributed by atoms with E-state index in [9.17, 15) is 5.11 Å². The molecule has 0 aromatic heterocycles. The predicted octanol–water partition coefficient (Wildman–Crippen LogP) is 3.99. The van der Waals surface area contributed by atoms with Crippen LogP contribution in [0.4, 0.5) is 0 Å². The Labute approximate surface area is 129 Å². The monoisotopic (exact) mass is 465 g/mol. The van der Waals surface area contributed by atoms with E-state index in [1.54, 1.807) is 0 Å². The number of phenols is 1.